The topological polar surface area (TPSA) is 40.5 Å². The summed E-state index contributed by atoms with van der Waals surface area (Å²) in [6.07, 6.45) is 24.2. The second-order valence-electron chi connectivity index (χ2n) is 9.93. The summed E-state index contributed by atoms with van der Waals surface area (Å²) in [7, 11) is 0. The van der Waals surface area contributed by atoms with Crippen LogP contribution in [0.15, 0.2) is 0 Å². The van der Waals surface area contributed by atoms with Crippen molar-refractivity contribution in [2.45, 2.75) is 128 Å². The lowest BCUT2D eigenvalue weighted by atomic mass is 9.73. The van der Waals surface area contributed by atoms with E-state index in [1.54, 1.807) is 0 Å². The van der Waals surface area contributed by atoms with Crippen molar-refractivity contribution in [2.75, 3.05) is 0 Å². The molecule has 4 aliphatic rings. The smallest absolute Gasteiger partial charge is 0.0540 e. The summed E-state index contributed by atoms with van der Waals surface area (Å²) in [5, 5.41) is 18.9. The van der Waals surface area contributed by atoms with Crippen LogP contribution in [-0.2, 0) is 0 Å². The molecule has 0 spiro atoms. The van der Waals surface area contributed by atoms with Gasteiger partial charge in [0.05, 0.1) is 12.2 Å². The molecule has 4 fully saturated rings. The lowest BCUT2D eigenvalue weighted by molar-refractivity contribution is 0.0820. The van der Waals surface area contributed by atoms with Gasteiger partial charge in [-0.05, 0) is 75.0 Å². The van der Waals surface area contributed by atoms with Gasteiger partial charge < -0.3 is 10.2 Å². The maximum absolute atomic E-state index is 9.43. The summed E-state index contributed by atoms with van der Waals surface area (Å²) in [5.41, 5.74) is 0. The van der Waals surface area contributed by atoms with Crippen molar-refractivity contribution in [3.63, 3.8) is 0 Å². The van der Waals surface area contributed by atoms with E-state index >= 15 is 0 Å². The summed E-state index contributed by atoms with van der Waals surface area (Å²) in [5.74, 6) is 3.95. The van der Waals surface area contributed by atoms with E-state index in [-0.39, 0.29) is 12.2 Å². The molecule has 2 nitrogen and oxygen atoms in total. The monoisotopic (exact) mass is 364 g/mol. The van der Waals surface area contributed by atoms with Crippen molar-refractivity contribution in [2.24, 2.45) is 23.7 Å². The van der Waals surface area contributed by atoms with Crippen molar-refractivity contribution in [3.8, 4) is 0 Å². The van der Waals surface area contributed by atoms with Crippen molar-refractivity contribution < 1.29 is 10.2 Å². The van der Waals surface area contributed by atoms with Crippen LogP contribution in [0.5, 0.6) is 0 Å². The third kappa shape index (κ3) is 6.51. The second kappa shape index (κ2) is 11.1. The fourth-order valence-electron chi connectivity index (χ4n) is 6.36. The van der Waals surface area contributed by atoms with Crippen molar-refractivity contribution in [1.29, 1.82) is 0 Å². The minimum absolute atomic E-state index is 0.0276. The second-order valence-corrected chi connectivity index (χ2v) is 9.93. The summed E-state index contributed by atoms with van der Waals surface area (Å²) >= 11 is 0. The van der Waals surface area contributed by atoms with E-state index in [0.29, 0.717) is 0 Å². The highest BCUT2D eigenvalue weighted by Crippen LogP contribution is 2.39. The first-order valence-corrected chi connectivity index (χ1v) is 12.1. The first kappa shape index (κ1) is 20.6. The molecule has 0 heterocycles. The Morgan fingerprint density at radius 1 is 0.308 bits per heavy atom. The molecule has 0 saturated heterocycles. The van der Waals surface area contributed by atoms with Crippen molar-refractivity contribution in [3.05, 3.63) is 0 Å². The van der Waals surface area contributed by atoms with Gasteiger partial charge in [-0.1, -0.05) is 64.2 Å². The van der Waals surface area contributed by atoms with Crippen molar-refractivity contribution in [1.82, 2.24) is 0 Å². The molecule has 0 bridgehead atoms. The summed E-state index contributed by atoms with van der Waals surface area (Å²) in [6.45, 7) is 0. The molecule has 0 aromatic carbocycles. The summed E-state index contributed by atoms with van der Waals surface area (Å²) in [4.78, 5) is 0. The zero-order valence-electron chi connectivity index (χ0n) is 17.1. The molecule has 0 aliphatic heterocycles. The normalized spacial score (nSPS) is 37.6. The van der Waals surface area contributed by atoms with E-state index in [0.717, 1.165) is 49.4 Å². The maximum Gasteiger partial charge on any atom is 0.0540 e. The van der Waals surface area contributed by atoms with E-state index in [9.17, 15) is 10.2 Å². The highest BCUT2D eigenvalue weighted by molar-refractivity contribution is 4.80. The Bertz CT molecular complexity index is 318. The largest absolute Gasteiger partial charge is 0.393 e. The zero-order chi connectivity index (χ0) is 18.2. The molecule has 0 aromatic heterocycles. The highest BCUT2D eigenvalue weighted by atomic mass is 16.3. The number of hydrogen-bond acceptors (Lipinski definition) is 2. The quantitative estimate of drug-likeness (QED) is 0.609. The van der Waals surface area contributed by atoms with E-state index in [1.807, 2.05) is 0 Å². The molecule has 152 valence electrons. The lowest BCUT2D eigenvalue weighted by Gasteiger charge is -2.34. The molecule has 4 saturated carbocycles. The maximum atomic E-state index is 9.43. The molecule has 0 radical (unpaired) electrons. The van der Waals surface area contributed by atoms with Crippen LogP contribution in [0.2, 0.25) is 0 Å². The predicted molar refractivity (Wildman–Crippen MR) is 109 cm³/mol. The first-order chi connectivity index (χ1) is 12.7. The van der Waals surface area contributed by atoms with Crippen LogP contribution >= 0.6 is 0 Å². The number of aliphatic hydroxyl groups is 2. The minimum atomic E-state index is 0.0276. The van der Waals surface area contributed by atoms with E-state index in [2.05, 4.69) is 0 Å². The average Bonchev–Trinajstić information content (AvgIpc) is 2.71. The van der Waals surface area contributed by atoms with Gasteiger partial charge >= 0.3 is 0 Å². The molecule has 2 N–H and O–H groups in total. The molecule has 4 rings (SSSR count). The van der Waals surface area contributed by atoms with E-state index in [1.165, 1.54) is 89.9 Å². The Kier molecular flexibility index (Phi) is 8.78. The SMILES string of the molecule is OC1CCC(C2CCCCC2)CC1.OC1CCC(C2CCCCC2)CC1. The fraction of sp³-hybridized carbons (Fsp3) is 1.00. The molecule has 0 unspecified atom stereocenters. The van der Waals surface area contributed by atoms with Crippen LogP contribution < -0.4 is 0 Å². The van der Waals surface area contributed by atoms with Crippen LogP contribution in [0.4, 0.5) is 0 Å². The van der Waals surface area contributed by atoms with Crippen LogP contribution in [0.3, 0.4) is 0 Å². The Morgan fingerprint density at radius 2 is 0.577 bits per heavy atom. The van der Waals surface area contributed by atoms with Crippen LogP contribution in [0.1, 0.15) is 116 Å². The molecule has 0 atom stereocenters. The van der Waals surface area contributed by atoms with Crippen LogP contribution in [0.25, 0.3) is 0 Å². The van der Waals surface area contributed by atoms with Gasteiger partial charge in [-0.15, -0.1) is 0 Å². The van der Waals surface area contributed by atoms with Crippen molar-refractivity contribution >= 4 is 0 Å². The van der Waals surface area contributed by atoms with Gasteiger partial charge in [-0.25, -0.2) is 0 Å². The fourth-order valence-corrected chi connectivity index (χ4v) is 6.36. The third-order valence-electron chi connectivity index (χ3n) is 8.12. The summed E-state index contributed by atoms with van der Waals surface area (Å²) < 4.78 is 0. The molecule has 4 aliphatic carbocycles. The molecule has 0 aromatic rings. The minimum Gasteiger partial charge on any atom is -0.393 e. The van der Waals surface area contributed by atoms with Gasteiger partial charge in [0.15, 0.2) is 0 Å². The molecular formula is C24H44O2. The third-order valence-corrected chi connectivity index (χ3v) is 8.12. The molecule has 2 heteroatoms. The Balaban J connectivity index is 0.000000151. The van der Waals surface area contributed by atoms with Crippen LogP contribution in [0, 0.1) is 23.7 Å². The van der Waals surface area contributed by atoms with Gasteiger partial charge in [0, 0.05) is 0 Å². The molecular weight excluding hydrogens is 320 g/mol. The molecule has 0 amide bonds. The van der Waals surface area contributed by atoms with Gasteiger partial charge in [-0.2, -0.15) is 0 Å². The van der Waals surface area contributed by atoms with Gasteiger partial charge in [0.2, 0.25) is 0 Å². The van der Waals surface area contributed by atoms with Gasteiger partial charge in [-0.3, -0.25) is 0 Å². The average molecular weight is 365 g/mol. The summed E-state index contributed by atoms with van der Waals surface area (Å²) in [6, 6.07) is 0. The highest BCUT2D eigenvalue weighted by Gasteiger charge is 2.28. The van der Waals surface area contributed by atoms with Gasteiger partial charge in [0.1, 0.15) is 0 Å². The zero-order valence-corrected chi connectivity index (χ0v) is 17.1. The first-order valence-electron chi connectivity index (χ1n) is 12.1. The van der Waals surface area contributed by atoms with E-state index < -0.39 is 0 Å². The van der Waals surface area contributed by atoms with E-state index in [4.69, 9.17) is 0 Å². The predicted octanol–water partition coefficient (Wildman–Crippen LogP) is 6.24. The molecule has 26 heavy (non-hydrogen) atoms. The Labute approximate surface area is 162 Å². The lowest BCUT2D eigenvalue weighted by Crippen LogP contribution is -2.25. The number of aliphatic hydroxyl groups excluding tert-OH is 2. The Hall–Kier alpha value is -0.0800. The van der Waals surface area contributed by atoms with Gasteiger partial charge in [0.25, 0.3) is 0 Å². The Morgan fingerprint density at radius 3 is 0.885 bits per heavy atom. The number of hydrogen-bond donors (Lipinski definition) is 2. The van der Waals surface area contributed by atoms with Crippen LogP contribution in [-0.4, -0.2) is 22.4 Å². The standard InChI is InChI=1S/2C12H22O/c2*13-12-8-6-11(7-9-12)10-4-2-1-3-5-10/h2*10-13H,1-9H2. The number of rotatable bonds is 2.